The number of terminal acetylenes is 1. The highest BCUT2D eigenvalue weighted by Crippen LogP contribution is 2.22. The van der Waals surface area contributed by atoms with Gasteiger partial charge in [0.2, 0.25) is 0 Å². The fraction of sp³-hybridized carbons (Fsp3) is 0.833. The van der Waals surface area contributed by atoms with Gasteiger partial charge in [-0.3, -0.25) is 4.90 Å². The fourth-order valence-corrected chi connectivity index (χ4v) is 1.81. The van der Waals surface area contributed by atoms with Gasteiger partial charge in [0.1, 0.15) is 0 Å². The van der Waals surface area contributed by atoms with Gasteiger partial charge in [0, 0.05) is 25.7 Å². The van der Waals surface area contributed by atoms with Gasteiger partial charge in [-0.15, -0.1) is 6.42 Å². The van der Waals surface area contributed by atoms with E-state index in [0.717, 1.165) is 19.6 Å². The van der Waals surface area contributed by atoms with Gasteiger partial charge in [-0.1, -0.05) is 26.7 Å². The van der Waals surface area contributed by atoms with E-state index in [4.69, 9.17) is 6.42 Å². The average molecular weight is 194 g/mol. The molecule has 0 radical (unpaired) electrons. The fourth-order valence-electron chi connectivity index (χ4n) is 1.81. The van der Waals surface area contributed by atoms with Crippen LogP contribution in [-0.4, -0.2) is 36.6 Å². The van der Waals surface area contributed by atoms with E-state index in [1.807, 2.05) is 0 Å². The van der Waals surface area contributed by atoms with Gasteiger partial charge in [0.25, 0.3) is 0 Å². The van der Waals surface area contributed by atoms with Crippen molar-refractivity contribution in [2.24, 2.45) is 5.41 Å². The highest BCUT2D eigenvalue weighted by Gasteiger charge is 2.30. The third-order valence-corrected chi connectivity index (χ3v) is 3.04. The van der Waals surface area contributed by atoms with Crippen LogP contribution in [0.1, 0.15) is 27.7 Å². The summed E-state index contributed by atoms with van der Waals surface area (Å²) in [6, 6.07) is 0.814. The van der Waals surface area contributed by atoms with Crippen molar-refractivity contribution in [2.75, 3.05) is 19.6 Å². The van der Waals surface area contributed by atoms with E-state index in [2.05, 4.69) is 43.8 Å². The zero-order chi connectivity index (χ0) is 10.8. The monoisotopic (exact) mass is 194 g/mol. The number of piperazine rings is 1. The predicted molar refractivity (Wildman–Crippen MR) is 61.1 cm³/mol. The lowest BCUT2D eigenvalue weighted by molar-refractivity contribution is 0.122. The SMILES string of the molecule is C#CC(C)N1CCNC(C(C)(C)C)C1. The van der Waals surface area contributed by atoms with Crippen LogP contribution in [0.4, 0.5) is 0 Å². The Morgan fingerprint density at radius 3 is 2.64 bits per heavy atom. The molecule has 0 saturated carbocycles. The van der Waals surface area contributed by atoms with Crippen LogP contribution < -0.4 is 5.32 Å². The van der Waals surface area contributed by atoms with Gasteiger partial charge in [0.15, 0.2) is 0 Å². The molecule has 14 heavy (non-hydrogen) atoms. The summed E-state index contributed by atoms with van der Waals surface area (Å²) in [5, 5.41) is 3.56. The highest BCUT2D eigenvalue weighted by atomic mass is 15.2. The lowest BCUT2D eigenvalue weighted by atomic mass is 9.85. The number of nitrogens with zero attached hydrogens (tertiary/aromatic N) is 1. The highest BCUT2D eigenvalue weighted by molar-refractivity contribution is 5.00. The van der Waals surface area contributed by atoms with Crippen molar-refractivity contribution in [3.8, 4) is 12.3 Å². The van der Waals surface area contributed by atoms with Crippen molar-refractivity contribution in [3.63, 3.8) is 0 Å². The first-order valence-electron chi connectivity index (χ1n) is 5.38. The predicted octanol–water partition coefficient (Wildman–Crippen LogP) is 1.33. The molecule has 2 unspecified atom stereocenters. The molecular formula is C12H22N2. The Morgan fingerprint density at radius 2 is 2.14 bits per heavy atom. The van der Waals surface area contributed by atoms with Crippen LogP contribution in [0, 0.1) is 17.8 Å². The second kappa shape index (κ2) is 4.33. The Balaban J connectivity index is 2.57. The number of hydrogen-bond acceptors (Lipinski definition) is 2. The molecule has 1 rings (SSSR count). The van der Waals surface area contributed by atoms with Crippen LogP contribution in [0.3, 0.4) is 0 Å². The Kier molecular flexibility index (Phi) is 3.58. The van der Waals surface area contributed by atoms with Gasteiger partial charge in [-0.05, 0) is 12.3 Å². The first-order valence-corrected chi connectivity index (χ1v) is 5.38. The minimum Gasteiger partial charge on any atom is -0.311 e. The third-order valence-electron chi connectivity index (χ3n) is 3.04. The van der Waals surface area contributed by atoms with Crippen molar-refractivity contribution in [1.29, 1.82) is 0 Å². The summed E-state index contributed by atoms with van der Waals surface area (Å²) in [5.74, 6) is 2.80. The zero-order valence-electron chi connectivity index (χ0n) is 9.80. The summed E-state index contributed by atoms with van der Waals surface area (Å²) in [5.41, 5.74) is 0.312. The number of nitrogens with one attached hydrogen (secondary N) is 1. The molecule has 0 aliphatic carbocycles. The molecule has 0 aromatic carbocycles. The smallest absolute Gasteiger partial charge is 0.0684 e. The summed E-state index contributed by atoms with van der Waals surface area (Å²) < 4.78 is 0. The van der Waals surface area contributed by atoms with Gasteiger partial charge in [-0.25, -0.2) is 0 Å². The molecule has 0 aromatic rings. The Labute approximate surface area is 88.1 Å². The molecule has 0 bridgehead atoms. The maximum absolute atomic E-state index is 5.45. The Morgan fingerprint density at radius 1 is 1.50 bits per heavy atom. The number of hydrogen-bond donors (Lipinski definition) is 1. The van der Waals surface area contributed by atoms with Crippen molar-refractivity contribution in [3.05, 3.63) is 0 Å². The summed E-state index contributed by atoms with van der Waals surface area (Å²) in [6.07, 6.45) is 5.45. The molecule has 80 valence electrons. The molecule has 1 fully saturated rings. The summed E-state index contributed by atoms with van der Waals surface area (Å²) in [6.45, 7) is 12.1. The summed E-state index contributed by atoms with van der Waals surface area (Å²) in [7, 11) is 0. The molecular weight excluding hydrogens is 172 g/mol. The van der Waals surface area contributed by atoms with Gasteiger partial charge in [-0.2, -0.15) is 0 Å². The maximum Gasteiger partial charge on any atom is 0.0684 e. The summed E-state index contributed by atoms with van der Waals surface area (Å²) in [4.78, 5) is 2.38. The molecule has 0 spiro atoms. The topological polar surface area (TPSA) is 15.3 Å². The molecule has 2 heteroatoms. The van der Waals surface area contributed by atoms with Crippen LogP contribution >= 0.6 is 0 Å². The van der Waals surface area contributed by atoms with Crippen molar-refractivity contribution < 1.29 is 0 Å². The first kappa shape index (κ1) is 11.6. The standard InChI is InChI=1S/C12H22N2/c1-6-10(2)14-8-7-13-11(9-14)12(3,4)5/h1,10-11,13H,7-9H2,2-5H3. The van der Waals surface area contributed by atoms with Crippen LogP contribution in [-0.2, 0) is 0 Å². The maximum atomic E-state index is 5.45. The van der Waals surface area contributed by atoms with Gasteiger partial charge < -0.3 is 5.32 Å². The van der Waals surface area contributed by atoms with Crippen molar-refractivity contribution >= 4 is 0 Å². The molecule has 0 amide bonds. The largest absolute Gasteiger partial charge is 0.311 e. The molecule has 1 aliphatic rings. The molecule has 1 N–H and O–H groups in total. The Hall–Kier alpha value is -0.520. The Bertz CT molecular complexity index is 221. The minimum atomic E-state index is 0.266. The average Bonchev–Trinajstić information content (AvgIpc) is 2.15. The van der Waals surface area contributed by atoms with Gasteiger partial charge in [0.05, 0.1) is 6.04 Å². The van der Waals surface area contributed by atoms with Crippen molar-refractivity contribution in [2.45, 2.75) is 39.8 Å². The van der Waals surface area contributed by atoms with E-state index in [1.165, 1.54) is 0 Å². The van der Waals surface area contributed by atoms with Crippen LogP contribution in [0.25, 0.3) is 0 Å². The van der Waals surface area contributed by atoms with E-state index in [-0.39, 0.29) is 6.04 Å². The van der Waals surface area contributed by atoms with Crippen molar-refractivity contribution in [1.82, 2.24) is 10.2 Å². The molecule has 1 heterocycles. The third kappa shape index (κ3) is 2.73. The minimum absolute atomic E-state index is 0.266. The lowest BCUT2D eigenvalue weighted by Gasteiger charge is -2.41. The molecule has 1 saturated heterocycles. The second-order valence-electron chi connectivity index (χ2n) is 5.21. The normalized spacial score (nSPS) is 26.9. The first-order chi connectivity index (χ1) is 6.45. The van der Waals surface area contributed by atoms with Gasteiger partial charge >= 0.3 is 0 Å². The summed E-state index contributed by atoms with van der Waals surface area (Å²) >= 11 is 0. The van der Waals surface area contributed by atoms with Crippen LogP contribution in [0.5, 0.6) is 0 Å². The molecule has 2 atom stereocenters. The number of rotatable bonds is 1. The molecule has 1 aliphatic heterocycles. The van der Waals surface area contributed by atoms with Crippen LogP contribution in [0.15, 0.2) is 0 Å². The van der Waals surface area contributed by atoms with E-state index in [0.29, 0.717) is 11.5 Å². The lowest BCUT2D eigenvalue weighted by Crippen LogP contribution is -2.57. The second-order valence-corrected chi connectivity index (χ2v) is 5.21. The quantitative estimate of drug-likeness (QED) is 0.634. The van der Waals surface area contributed by atoms with E-state index < -0.39 is 0 Å². The van der Waals surface area contributed by atoms with E-state index >= 15 is 0 Å². The van der Waals surface area contributed by atoms with Crippen LogP contribution in [0.2, 0.25) is 0 Å². The van der Waals surface area contributed by atoms with E-state index in [1.54, 1.807) is 0 Å². The zero-order valence-corrected chi connectivity index (χ0v) is 9.80. The van der Waals surface area contributed by atoms with E-state index in [9.17, 15) is 0 Å². The molecule has 0 aromatic heterocycles. The molecule has 2 nitrogen and oxygen atoms in total.